The largest absolute Gasteiger partial charge is 0.446 e. The Balaban J connectivity index is 1.13. The molecule has 3 N–H and O–H groups in total. The molecule has 4 fully saturated rings. The first kappa shape index (κ1) is 35.0. The van der Waals surface area contributed by atoms with E-state index in [4.69, 9.17) is 9.57 Å². The van der Waals surface area contributed by atoms with Crippen LogP contribution in [0.1, 0.15) is 82.6 Å². The van der Waals surface area contributed by atoms with Gasteiger partial charge < -0.3 is 25.1 Å². The SMILES string of the molecule is O=C(N[C@H]1CCCCC/C=C\C2C[C@@]2(C(=O)NS(=O)(=O)C2CC2)NC(=O)[C@@H]2C[C@@H](O/N=C/c3cccc4ccccc34)CN2C1=O)OC1CCC1. The average Bonchev–Trinajstić information content (AvgIpc) is 4.02. The number of allylic oxidation sites excluding steroid dienone is 1. The molecule has 1 saturated heterocycles. The Morgan fingerprint density at radius 3 is 2.55 bits per heavy atom. The minimum atomic E-state index is -3.87. The Bertz CT molecular complexity index is 1840. The van der Waals surface area contributed by atoms with Crippen molar-refractivity contribution in [3.63, 3.8) is 0 Å². The van der Waals surface area contributed by atoms with Crippen LogP contribution in [0.2, 0.25) is 0 Å². The molecule has 13 nitrogen and oxygen atoms in total. The van der Waals surface area contributed by atoms with Crippen molar-refractivity contribution in [2.45, 2.75) is 112 Å². The molecule has 5 atom stereocenters. The summed E-state index contributed by atoms with van der Waals surface area (Å²) in [6.45, 7) is 0.0121. The van der Waals surface area contributed by atoms with Crippen LogP contribution < -0.4 is 15.4 Å². The highest BCUT2D eigenvalue weighted by Gasteiger charge is 2.62. The molecule has 0 spiro atoms. The Kier molecular flexibility index (Phi) is 10.0. The van der Waals surface area contributed by atoms with Crippen LogP contribution in [0.15, 0.2) is 59.8 Å². The molecule has 2 aliphatic heterocycles. The number of sulfonamides is 1. The number of amides is 4. The van der Waals surface area contributed by atoms with Gasteiger partial charge in [0.1, 0.15) is 29.8 Å². The zero-order valence-corrected chi connectivity index (χ0v) is 29.3. The van der Waals surface area contributed by atoms with Crippen molar-refractivity contribution in [3.8, 4) is 0 Å². The first-order valence-corrected chi connectivity index (χ1v) is 19.7. The van der Waals surface area contributed by atoms with E-state index in [0.717, 1.165) is 48.4 Å². The highest BCUT2D eigenvalue weighted by Crippen LogP contribution is 2.46. The Morgan fingerprint density at radius 2 is 1.76 bits per heavy atom. The molecule has 0 bridgehead atoms. The van der Waals surface area contributed by atoms with Gasteiger partial charge in [0.2, 0.25) is 21.8 Å². The van der Waals surface area contributed by atoms with Gasteiger partial charge in [0, 0.05) is 17.9 Å². The van der Waals surface area contributed by atoms with Gasteiger partial charge in [0.25, 0.3) is 5.91 Å². The third-order valence-electron chi connectivity index (χ3n) is 10.7. The van der Waals surface area contributed by atoms with Crippen LogP contribution in [0.25, 0.3) is 10.8 Å². The van der Waals surface area contributed by atoms with E-state index in [2.05, 4.69) is 20.5 Å². The fourth-order valence-corrected chi connectivity index (χ4v) is 8.55. The molecule has 51 heavy (non-hydrogen) atoms. The van der Waals surface area contributed by atoms with Crippen molar-refractivity contribution in [3.05, 3.63) is 60.2 Å². The predicted molar refractivity (Wildman–Crippen MR) is 189 cm³/mol. The average molecular weight is 720 g/mol. The number of alkyl carbamates (subject to hydrolysis) is 1. The lowest BCUT2D eigenvalue weighted by molar-refractivity contribution is -0.141. The molecular formula is C37H45N5O8S. The molecule has 272 valence electrons. The maximum atomic E-state index is 14.3. The summed E-state index contributed by atoms with van der Waals surface area (Å²) in [5.74, 6) is -2.24. The summed E-state index contributed by atoms with van der Waals surface area (Å²) in [4.78, 5) is 62.2. The number of hydrogen-bond acceptors (Lipinski definition) is 9. The number of nitrogens with zero attached hydrogens (tertiary/aromatic N) is 2. The van der Waals surface area contributed by atoms with Crippen molar-refractivity contribution >= 4 is 50.8 Å². The molecular weight excluding hydrogens is 675 g/mol. The highest BCUT2D eigenvalue weighted by atomic mass is 32.2. The van der Waals surface area contributed by atoms with E-state index in [9.17, 15) is 27.6 Å². The molecule has 2 aromatic rings. The lowest BCUT2D eigenvalue weighted by Crippen LogP contribution is -2.58. The smallest absolute Gasteiger partial charge is 0.408 e. The first-order valence-electron chi connectivity index (χ1n) is 18.1. The quantitative estimate of drug-likeness (QED) is 0.210. The van der Waals surface area contributed by atoms with Gasteiger partial charge in [-0.15, -0.1) is 0 Å². The van der Waals surface area contributed by atoms with Crippen LogP contribution in [0, 0.1) is 5.92 Å². The second-order valence-electron chi connectivity index (χ2n) is 14.4. The van der Waals surface area contributed by atoms with Gasteiger partial charge in [-0.3, -0.25) is 19.1 Å². The molecule has 2 heterocycles. The van der Waals surface area contributed by atoms with E-state index in [1.54, 1.807) is 6.21 Å². The normalized spacial score (nSPS) is 29.5. The van der Waals surface area contributed by atoms with E-state index in [-0.39, 0.29) is 25.5 Å². The third-order valence-corrected chi connectivity index (χ3v) is 12.5. The van der Waals surface area contributed by atoms with E-state index in [1.165, 1.54) is 4.90 Å². The molecule has 4 amide bonds. The van der Waals surface area contributed by atoms with Crippen molar-refractivity contribution in [2.75, 3.05) is 6.54 Å². The summed E-state index contributed by atoms with van der Waals surface area (Å²) in [7, 11) is -3.87. The van der Waals surface area contributed by atoms with Gasteiger partial charge in [0.05, 0.1) is 18.0 Å². The Hall–Kier alpha value is -4.46. The van der Waals surface area contributed by atoms with Crippen LogP contribution in [0.3, 0.4) is 0 Å². The zero-order chi connectivity index (χ0) is 35.6. The maximum Gasteiger partial charge on any atom is 0.408 e. The second-order valence-corrected chi connectivity index (χ2v) is 16.4. The van der Waals surface area contributed by atoms with E-state index in [1.807, 2.05) is 54.6 Å². The fraction of sp³-hybridized carbons (Fsp3) is 0.541. The monoisotopic (exact) mass is 719 g/mol. The molecule has 7 rings (SSSR count). The van der Waals surface area contributed by atoms with Gasteiger partial charge in [-0.1, -0.05) is 72.6 Å². The zero-order valence-electron chi connectivity index (χ0n) is 28.5. The fourth-order valence-electron chi connectivity index (χ4n) is 7.19. The number of benzene rings is 2. The lowest BCUT2D eigenvalue weighted by Gasteiger charge is -2.30. The molecule has 2 aromatic carbocycles. The van der Waals surface area contributed by atoms with Gasteiger partial charge in [-0.2, -0.15) is 0 Å². The second kappa shape index (κ2) is 14.6. The predicted octanol–water partition coefficient (Wildman–Crippen LogP) is 3.81. The van der Waals surface area contributed by atoms with E-state index in [0.29, 0.717) is 32.1 Å². The summed E-state index contributed by atoms with van der Waals surface area (Å²) >= 11 is 0. The van der Waals surface area contributed by atoms with Crippen LogP contribution in [0.4, 0.5) is 4.79 Å². The third kappa shape index (κ3) is 7.90. The number of oxime groups is 1. The van der Waals surface area contributed by atoms with E-state index >= 15 is 0 Å². The molecule has 0 radical (unpaired) electrons. The number of carbonyl (C=O) groups excluding carboxylic acids is 4. The molecule has 3 saturated carbocycles. The Labute approximate surface area is 297 Å². The summed E-state index contributed by atoms with van der Waals surface area (Å²) in [6, 6.07) is 11.7. The number of nitrogens with one attached hydrogen (secondary N) is 3. The molecule has 1 unspecified atom stereocenters. The van der Waals surface area contributed by atoms with Gasteiger partial charge in [0.15, 0.2) is 0 Å². The summed E-state index contributed by atoms with van der Waals surface area (Å²) < 4.78 is 33.2. The van der Waals surface area contributed by atoms with Crippen molar-refractivity contribution in [2.24, 2.45) is 11.1 Å². The molecule has 3 aliphatic carbocycles. The molecule has 0 aromatic heterocycles. The number of rotatable bonds is 8. The molecule has 5 aliphatic rings. The maximum absolute atomic E-state index is 14.3. The number of carbonyl (C=O) groups is 4. The van der Waals surface area contributed by atoms with Crippen molar-refractivity contribution < 1.29 is 37.2 Å². The highest BCUT2D eigenvalue weighted by molar-refractivity contribution is 7.91. The minimum absolute atomic E-state index is 0.0121. The van der Waals surface area contributed by atoms with Gasteiger partial charge in [-0.25, -0.2) is 13.2 Å². The number of hydrogen-bond donors (Lipinski definition) is 3. The number of fused-ring (bicyclic) bond motifs is 3. The van der Waals surface area contributed by atoms with Crippen LogP contribution >= 0.6 is 0 Å². The molecule has 14 heteroatoms. The van der Waals surface area contributed by atoms with Crippen LogP contribution in [0.5, 0.6) is 0 Å². The standard InChI is InChI=1S/C37H45N5O8S/c43-33-32-20-28(50-38-22-25-12-8-11-24-10-6-7-16-30(24)25)23-42(32)34(44)31(39-36(46)49-27-14-9-15-27)17-5-3-1-2-4-13-26-21-37(26,40-33)35(45)41-51(47,48)29-18-19-29/h4,6-8,10-13,16,22,26-29,31-32H,1-3,5,9,14-15,17-21,23H2,(H,39,46)(H,40,43)(H,41,45)/b13-4-,38-22+/t26?,28-,31+,32+,37-/m1/s1. The minimum Gasteiger partial charge on any atom is -0.446 e. The van der Waals surface area contributed by atoms with E-state index < -0.39 is 68.7 Å². The summed E-state index contributed by atoms with van der Waals surface area (Å²) in [5, 5.41) is 11.3. The lowest BCUT2D eigenvalue weighted by atomic mass is 9.96. The first-order chi connectivity index (χ1) is 24.6. The van der Waals surface area contributed by atoms with Crippen LogP contribution in [-0.2, 0) is 34.0 Å². The Morgan fingerprint density at radius 1 is 0.961 bits per heavy atom. The topological polar surface area (TPSA) is 173 Å². The summed E-state index contributed by atoms with van der Waals surface area (Å²) in [6.07, 6.45) is 11.1. The van der Waals surface area contributed by atoms with Crippen molar-refractivity contribution in [1.29, 1.82) is 0 Å². The summed E-state index contributed by atoms with van der Waals surface area (Å²) in [5.41, 5.74) is -0.633. The van der Waals surface area contributed by atoms with Gasteiger partial charge >= 0.3 is 6.09 Å². The number of ether oxygens (including phenoxy) is 1. The van der Waals surface area contributed by atoms with Gasteiger partial charge in [-0.05, 0) is 68.6 Å². The van der Waals surface area contributed by atoms with Crippen molar-refractivity contribution in [1.82, 2.24) is 20.3 Å². The van der Waals surface area contributed by atoms with Crippen LogP contribution in [-0.4, -0.2) is 85.0 Å².